The van der Waals surface area contributed by atoms with Gasteiger partial charge in [-0.1, -0.05) is 60.7 Å². The molecule has 1 atom stereocenters. The van der Waals surface area contributed by atoms with Gasteiger partial charge < -0.3 is 22.6 Å². The Balaban J connectivity index is 0.00000300. The van der Waals surface area contributed by atoms with E-state index in [1.807, 2.05) is 62.6 Å². The normalized spacial score (nSPS) is 11.6. The summed E-state index contributed by atoms with van der Waals surface area (Å²) in [5.74, 6) is 0.887. The maximum absolute atomic E-state index is 12.8. The van der Waals surface area contributed by atoms with Crippen molar-refractivity contribution in [3.8, 4) is 0 Å². The first-order valence-corrected chi connectivity index (χ1v) is 10.4. The predicted molar refractivity (Wildman–Crippen MR) is 116 cm³/mol. The number of hydrogen-bond donors (Lipinski definition) is 2. The SMILES string of the molecule is C[NH+](C)[C@@H](Cc1ccccc1)C(=O)Nc1ccc(SCc2ccccc2)nc1.[Cl-]. The maximum atomic E-state index is 12.8. The number of aromatic nitrogens is 1. The number of carbonyl (C=O) groups excluding carboxylic acids is 1. The molecule has 1 aromatic heterocycles. The maximum Gasteiger partial charge on any atom is 0.283 e. The van der Waals surface area contributed by atoms with Crippen LogP contribution in [0.25, 0.3) is 0 Å². The van der Waals surface area contributed by atoms with Crippen LogP contribution in [0, 0.1) is 0 Å². The Labute approximate surface area is 183 Å². The average molecular weight is 428 g/mol. The van der Waals surface area contributed by atoms with Gasteiger partial charge in [-0.25, -0.2) is 4.98 Å². The molecule has 0 aliphatic carbocycles. The first-order valence-electron chi connectivity index (χ1n) is 9.39. The summed E-state index contributed by atoms with van der Waals surface area (Å²) in [5.41, 5.74) is 3.16. The minimum atomic E-state index is -0.158. The fraction of sp³-hybridized carbons (Fsp3) is 0.217. The lowest BCUT2D eigenvalue weighted by Gasteiger charge is -2.20. The molecule has 6 heteroatoms. The van der Waals surface area contributed by atoms with Gasteiger partial charge in [0.15, 0.2) is 6.04 Å². The van der Waals surface area contributed by atoms with Gasteiger partial charge in [0.2, 0.25) is 0 Å². The first-order chi connectivity index (χ1) is 13.6. The number of quaternary nitrogens is 1. The Bertz CT molecular complexity index is 874. The van der Waals surface area contributed by atoms with Crippen LogP contribution < -0.4 is 22.6 Å². The Kier molecular flexibility index (Phi) is 9.19. The molecule has 0 unspecified atom stereocenters. The third kappa shape index (κ3) is 7.20. The van der Waals surface area contributed by atoms with E-state index in [4.69, 9.17) is 0 Å². The smallest absolute Gasteiger partial charge is 0.283 e. The van der Waals surface area contributed by atoms with E-state index in [1.165, 1.54) is 5.56 Å². The third-order valence-electron chi connectivity index (χ3n) is 4.53. The predicted octanol–water partition coefficient (Wildman–Crippen LogP) is 0.0722. The zero-order valence-electron chi connectivity index (χ0n) is 16.6. The number of carbonyl (C=O) groups is 1. The fourth-order valence-electron chi connectivity index (χ4n) is 2.91. The van der Waals surface area contributed by atoms with Crippen LogP contribution in [-0.2, 0) is 17.0 Å². The number of pyridine rings is 1. The summed E-state index contributed by atoms with van der Waals surface area (Å²) in [6, 6.07) is 24.2. The van der Waals surface area contributed by atoms with Crippen LogP contribution in [0.2, 0.25) is 0 Å². The molecule has 0 saturated carbocycles. The molecule has 2 aromatic carbocycles. The van der Waals surface area contributed by atoms with E-state index in [-0.39, 0.29) is 24.4 Å². The van der Waals surface area contributed by atoms with Crippen LogP contribution in [0.3, 0.4) is 0 Å². The summed E-state index contributed by atoms with van der Waals surface area (Å²) in [6.45, 7) is 0. The number of amides is 1. The molecule has 1 amide bonds. The minimum Gasteiger partial charge on any atom is -1.00 e. The van der Waals surface area contributed by atoms with Crippen molar-refractivity contribution in [3.63, 3.8) is 0 Å². The van der Waals surface area contributed by atoms with Crippen LogP contribution in [-0.4, -0.2) is 31.0 Å². The number of nitrogens with zero attached hydrogens (tertiary/aromatic N) is 1. The van der Waals surface area contributed by atoms with Crippen molar-refractivity contribution in [1.29, 1.82) is 0 Å². The molecule has 2 N–H and O–H groups in total. The number of nitrogens with one attached hydrogen (secondary N) is 2. The van der Waals surface area contributed by atoms with Gasteiger partial charge in [-0.05, 0) is 23.3 Å². The summed E-state index contributed by atoms with van der Waals surface area (Å²) in [7, 11) is 4.02. The molecule has 0 spiro atoms. The average Bonchev–Trinajstić information content (AvgIpc) is 2.73. The Morgan fingerprint density at radius 2 is 1.59 bits per heavy atom. The summed E-state index contributed by atoms with van der Waals surface area (Å²) in [4.78, 5) is 18.4. The van der Waals surface area contributed by atoms with Crippen LogP contribution in [0.5, 0.6) is 0 Å². The highest BCUT2D eigenvalue weighted by Gasteiger charge is 2.25. The van der Waals surface area contributed by atoms with Crippen molar-refractivity contribution in [2.75, 3.05) is 19.4 Å². The van der Waals surface area contributed by atoms with Crippen molar-refractivity contribution in [3.05, 3.63) is 90.1 Å². The molecule has 0 radical (unpaired) electrons. The van der Waals surface area contributed by atoms with E-state index in [1.54, 1.807) is 18.0 Å². The molecular formula is C23H26ClN3OS. The molecule has 0 saturated heterocycles. The topological polar surface area (TPSA) is 46.4 Å². The van der Waals surface area contributed by atoms with Crippen LogP contribution >= 0.6 is 11.8 Å². The second-order valence-corrected chi connectivity index (χ2v) is 7.96. The van der Waals surface area contributed by atoms with E-state index in [0.717, 1.165) is 26.9 Å². The van der Waals surface area contributed by atoms with Gasteiger partial charge in [-0.15, -0.1) is 11.8 Å². The van der Waals surface area contributed by atoms with Gasteiger partial charge >= 0.3 is 0 Å². The van der Waals surface area contributed by atoms with Crippen LogP contribution in [0.1, 0.15) is 11.1 Å². The van der Waals surface area contributed by atoms with Gasteiger partial charge in [-0.2, -0.15) is 0 Å². The number of halogens is 1. The zero-order chi connectivity index (χ0) is 19.8. The molecule has 0 fully saturated rings. The number of anilines is 1. The second-order valence-electron chi connectivity index (χ2n) is 6.97. The van der Waals surface area contributed by atoms with E-state index in [0.29, 0.717) is 6.42 Å². The minimum absolute atomic E-state index is 0. The Morgan fingerprint density at radius 1 is 0.966 bits per heavy atom. The van der Waals surface area contributed by atoms with Crippen LogP contribution in [0.15, 0.2) is 84.0 Å². The number of hydrogen-bond acceptors (Lipinski definition) is 3. The van der Waals surface area contributed by atoms with Gasteiger partial charge in [-0.3, -0.25) is 4.79 Å². The highest BCUT2D eigenvalue weighted by atomic mass is 35.5. The standard InChI is InChI=1S/C23H25N3OS.ClH/c1-26(2)21(15-18-9-5-3-6-10-18)23(27)25-20-13-14-22(24-16-20)28-17-19-11-7-4-8-12-19;/h3-14,16,21H,15,17H2,1-2H3,(H,25,27);1H/t21-;/m0./s1. The van der Waals surface area contributed by atoms with Crippen molar-refractivity contribution >= 4 is 23.4 Å². The van der Waals surface area contributed by atoms with Crippen molar-refractivity contribution in [1.82, 2.24) is 4.98 Å². The second kappa shape index (κ2) is 11.6. The molecule has 29 heavy (non-hydrogen) atoms. The first kappa shape index (κ1) is 22.9. The lowest BCUT2D eigenvalue weighted by Crippen LogP contribution is -3.11. The largest absolute Gasteiger partial charge is 1.00 e. The molecule has 3 rings (SSSR count). The third-order valence-corrected chi connectivity index (χ3v) is 5.54. The van der Waals surface area contributed by atoms with E-state index in [2.05, 4.69) is 34.6 Å². The van der Waals surface area contributed by atoms with Gasteiger partial charge in [0.05, 0.1) is 31.0 Å². The molecule has 3 aromatic rings. The van der Waals surface area contributed by atoms with E-state index in [9.17, 15) is 4.79 Å². The lowest BCUT2D eigenvalue weighted by molar-refractivity contribution is -0.875. The number of thioether (sulfide) groups is 1. The van der Waals surface area contributed by atoms with Gasteiger partial charge in [0.1, 0.15) is 0 Å². The Morgan fingerprint density at radius 3 is 2.14 bits per heavy atom. The van der Waals surface area contributed by atoms with Crippen molar-refractivity contribution < 1.29 is 22.1 Å². The van der Waals surface area contributed by atoms with Gasteiger partial charge in [0.25, 0.3) is 5.91 Å². The van der Waals surface area contributed by atoms with E-state index < -0.39 is 0 Å². The zero-order valence-corrected chi connectivity index (χ0v) is 18.2. The molecular weight excluding hydrogens is 402 g/mol. The Hall–Kier alpha value is -2.34. The summed E-state index contributed by atoms with van der Waals surface area (Å²) in [6.07, 6.45) is 2.43. The summed E-state index contributed by atoms with van der Waals surface area (Å²) < 4.78 is 0. The van der Waals surface area contributed by atoms with Crippen molar-refractivity contribution in [2.24, 2.45) is 0 Å². The quantitative estimate of drug-likeness (QED) is 0.500. The van der Waals surface area contributed by atoms with Crippen molar-refractivity contribution in [2.45, 2.75) is 23.2 Å². The molecule has 1 heterocycles. The summed E-state index contributed by atoms with van der Waals surface area (Å²) in [5, 5.41) is 3.96. The summed E-state index contributed by atoms with van der Waals surface area (Å²) >= 11 is 1.69. The number of likely N-dealkylation sites (N-methyl/N-ethyl adjacent to an activating group) is 1. The molecule has 152 valence electrons. The molecule has 0 aliphatic heterocycles. The molecule has 4 nitrogen and oxygen atoms in total. The number of benzene rings is 2. The highest BCUT2D eigenvalue weighted by molar-refractivity contribution is 7.98. The molecule has 0 bridgehead atoms. The lowest BCUT2D eigenvalue weighted by atomic mass is 10.0. The van der Waals surface area contributed by atoms with E-state index >= 15 is 0 Å². The monoisotopic (exact) mass is 427 g/mol. The molecule has 0 aliphatic rings. The fourth-order valence-corrected chi connectivity index (χ4v) is 3.71. The number of rotatable bonds is 8. The van der Waals surface area contributed by atoms with Gasteiger partial charge in [0, 0.05) is 12.2 Å². The van der Waals surface area contributed by atoms with Crippen LogP contribution in [0.4, 0.5) is 5.69 Å². The highest BCUT2D eigenvalue weighted by Crippen LogP contribution is 2.21.